The number of nitrogen functional groups attached to an aromatic ring is 1. The number of aromatic nitrogens is 4. The number of aryl methyl sites for hydroxylation is 3. The highest BCUT2D eigenvalue weighted by Crippen LogP contribution is 2.32. The van der Waals surface area contributed by atoms with E-state index < -0.39 is 0 Å². The van der Waals surface area contributed by atoms with Crippen LogP contribution in [0.5, 0.6) is 5.88 Å². The summed E-state index contributed by atoms with van der Waals surface area (Å²) in [6.45, 7) is 4.03. The van der Waals surface area contributed by atoms with E-state index in [1.165, 1.54) is 0 Å². The molecule has 0 aromatic carbocycles. The average molecular weight is 387 g/mol. The maximum Gasteiger partial charge on any atom is 0.222 e. The zero-order valence-corrected chi connectivity index (χ0v) is 14.2. The summed E-state index contributed by atoms with van der Waals surface area (Å²) in [7, 11) is 3.45. The van der Waals surface area contributed by atoms with Gasteiger partial charge in [0.2, 0.25) is 5.88 Å². The molecule has 0 spiro atoms. The van der Waals surface area contributed by atoms with Crippen LogP contribution in [0.4, 0.5) is 5.82 Å². The summed E-state index contributed by atoms with van der Waals surface area (Å²) in [6.07, 6.45) is 1.88. The number of nitrogens with two attached hydrogens (primary N) is 1. The summed E-state index contributed by atoms with van der Waals surface area (Å²) in [4.78, 5) is 9.04. The zero-order valence-electron chi connectivity index (χ0n) is 12.1. The summed E-state index contributed by atoms with van der Waals surface area (Å²) in [5.41, 5.74) is 8.61. The Balaban J connectivity index is 2.64. The van der Waals surface area contributed by atoms with E-state index in [0.29, 0.717) is 17.5 Å². The van der Waals surface area contributed by atoms with Crippen molar-refractivity contribution >= 4 is 28.4 Å². The lowest BCUT2D eigenvalue weighted by molar-refractivity contribution is 0.374. The summed E-state index contributed by atoms with van der Waals surface area (Å²) in [5.74, 6) is 1.73. The molecular formula is C13H18IN5O. The van der Waals surface area contributed by atoms with Gasteiger partial charge in [0.25, 0.3) is 0 Å². The molecule has 0 amide bonds. The summed E-state index contributed by atoms with van der Waals surface area (Å²) >= 11 is 2.19. The van der Waals surface area contributed by atoms with Crippen molar-refractivity contribution in [2.24, 2.45) is 7.05 Å². The number of nitrogens with zero attached hydrogens (tertiary/aromatic N) is 4. The maximum absolute atomic E-state index is 6.01. The molecule has 2 heterocycles. The van der Waals surface area contributed by atoms with Gasteiger partial charge in [-0.15, -0.1) is 0 Å². The summed E-state index contributed by atoms with van der Waals surface area (Å²) < 4.78 is 8.01. The van der Waals surface area contributed by atoms with Crippen LogP contribution in [0.25, 0.3) is 11.4 Å². The monoisotopic (exact) mass is 387 g/mol. The van der Waals surface area contributed by atoms with Crippen molar-refractivity contribution in [3.8, 4) is 17.3 Å². The predicted octanol–water partition coefficient (Wildman–Crippen LogP) is 2.33. The molecule has 0 aliphatic carbocycles. The first kappa shape index (κ1) is 15.0. The van der Waals surface area contributed by atoms with Gasteiger partial charge >= 0.3 is 0 Å². The second kappa shape index (κ2) is 5.94. The van der Waals surface area contributed by atoms with Gasteiger partial charge in [-0.3, -0.25) is 0 Å². The van der Waals surface area contributed by atoms with Gasteiger partial charge in [0.15, 0.2) is 5.82 Å². The molecule has 108 valence electrons. The standard InChI is InChI=1S/C13H18IN5O/c1-5-6-8-10(14)11(15)17-12(16-8)9-7(2)18-19(3)13(9)20-4/h5-6H2,1-4H3,(H2,15,16,17). The van der Waals surface area contributed by atoms with Gasteiger partial charge in [0.1, 0.15) is 11.4 Å². The molecule has 6 nitrogen and oxygen atoms in total. The smallest absolute Gasteiger partial charge is 0.222 e. The Morgan fingerprint density at radius 2 is 2.05 bits per heavy atom. The highest BCUT2D eigenvalue weighted by atomic mass is 127. The van der Waals surface area contributed by atoms with Gasteiger partial charge in [0, 0.05) is 7.05 Å². The van der Waals surface area contributed by atoms with Crippen molar-refractivity contribution in [2.75, 3.05) is 12.8 Å². The van der Waals surface area contributed by atoms with Crippen LogP contribution in [0.2, 0.25) is 0 Å². The molecule has 0 saturated heterocycles. The zero-order chi connectivity index (χ0) is 14.9. The SMILES string of the molecule is CCCc1nc(-c2c(C)nn(C)c2OC)nc(N)c1I. The van der Waals surface area contributed by atoms with Gasteiger partial charge in [-0.25, -0.2) is 14.6 Å². The van der Waals surface area contributed by atoms with Crippen LogP contribution in [0.3, 0.4) is 0 Å². The van der Waals surface area contributed by atoms with Crippen molar-refractivity contribution < 1.29 is 4.74 Å². The van der Waals surface area contributed by atoms with E-state index in [0.717, 1.165) is 33.4 Å². The van der Waals surface area contributed by atoms with E-state index in [2.05, 4.69) is 44.6 Å². The van der Waals surface area contributed by atoms with Gasteiger partial charge in [-0.2, -0.15) is 5.10 Å². The largest absolute Gasteiger partial charge is 0.481 e. The van der Waals surface area contributed by atoms with Crippen molar-refractivity contribution in [1.82, 2.24) is 19.7 Å². The van der Waals surface area contributed by atoms with Crippen LogP contribution in [-0.2, 0) is 13.5 Å². The molecule has 2 N–H and O–H groups in total. The average Bonchev–Trinajstić information content (AvgIpc) is 2.69. The number of ether oxygens (including phenoxy) is 1. The third-order valence-electron chi connectivity index (χ3n) is 3.02. The Labute approximate surface area is 131 Å². The van der Waals surface area contributed by atoms with Crippen LogP contribution in [-0.4, -0.2) is 26.9 Å². The first-order chi connectivity index (χ1) is 9.49. The van der Waals surface area contributed by atoms with Gasteiger partial charge in [-0.05, 0) is 35.9 Å². The molecule has 2 aromatic rings. The van der Waals surface area contributed by atoms with Crippen LogP contribution >= 0.6 is 22.6 Å². The minimum absolute atomic E-state index is 0.504. The second-order valence-corrected chi connectivity index (χ2v) is 5.62. The second-order valence-electron chi connectivity index (χ2n) is 4.54. The van der Waals surface area contributed by atoms with E-state index in [4.69, 9.17) is 10.5 Å². The number of anilines is 1. The van der Waals surface area contributed by atoms with Crippen LogP contribution in [0.15, 0.2) is 0 Å². The van der Waals surface area contributed by atoms with Crippen molar-refractivity contribution in [3.63, 3.8) is 0 Å². The lowest BCUT2D eigenvalue weighted by atomic mass is 10.2. The van der Waals surface area contributed by atoms with Gasteiger partial charge in [-0.1, -0.05) is 13.3 Å². The maximum atomic E-state index is 6.01. The first-order valence-corrected chi connectivity index (χ1v) is 7.47. The van der Waals surface area contributed by atoms with Crippen LogP contribution < -0.4 is 10.5 Å². The Kier molecular flexibility index (Phi) is 4.46. The van der Waals surface area contributed by atoms with Crippen molar-refractivity contribution in [2.45, 2.75) is 26.7 Å². The summed E-state index contributed by atoms with van der Waals surface area (Å²) in [5, 5.41) is 4.35. The number of hydrogen-bond donors (Lipinski definition) is 1. The molecular weight excluding hydrogens is 369 g/mol. The fraction of sp³-hybridized carbons (Fsp3) is 0.462. The number of hydrogen-bond acceptors (Lipinski definition) is 5. The third kappa shape index (κ3) is 2.58. The highest BCUT2D eigenvalue weighted by Gasteiger charge is 2.20. The Bertz CT molecular complexity index is 638. The minimum atomic E-state index is 0.504. The quantitative estimate of drug-likeness (QED) is 0.815. The third-order valence-corrected chi connectivity index (χ3v) is 4.19. The molecule has 0 atom stereocenters. The first-order valence-electron chi connectivity index (χ1n) is 6.39. The topological polar surface area (TPSA) is 78.8 Å². The van der Waals surface area contributed by atoms with E-state index in [1.54, 1.807) is 11.8 Å². The number of rotatable bonds is 4. The Morgan fingerprint density at radius 1 is 1.35 bits per heavy atom. The lowest BCUT2D eigenvalue weighted by Crippen LogP contribution is -2.06. The summed E-state index contributed by atoms with van der Waals surface area (Å²) in [6, 6.07) is 0. The van der Waals surface area contributed by atoms with E-state index >= 15 is 0 Å². The normalized spacial score (nSPS) is 10.8. The number of methoxy groups -OCH3 is 1. The molecule has 2 rings (SSSR count). The molecule has 0 radical (unpaired) electrons. The fourth-order valence-corrected chi connectivity index (χ4v) is 2.67. The van der Waals surface area contributed by atoms with Crippen molar-refractivity contribution in [3.05, 3.63) is 15.0 Å². The van der Waals surface area contributed by atoms with E-state index in [-0.39, 0.29) is 0 Å². The molecule has 0 fully saturated rings. The van der Waals surface area contributed by atoms with Gasteiger partial charge < -0.3 is 10.5 Å². The Morgan fingerprint density at radius 3 is 2.65 bits per heavy atom. The molecule has 0 saturated carbocycles. The van der Waals surface area contributed by atoms with Crippen molar-refractivity contribution in [1.29, 1.82) is 0 Å². The number of halogens is 1. The van der Waals surface area contributed by atoms with E-state index in [9.17, 15) is 0 Å². The fourth-order valence-electron chi connectivity index (χ4n) is 2.16. The Hall–Kier alpha value is -1.38. The molecule has 2 aromatic heterocycles. The molecule has 0 unspecified atom stereocenters. The lowest BCUT2D eigenvalue weighted by Gasteiger charge is -2.09. The highest BCUT2D eigenvalue weighted by molar-refractivity contribution is 14.1. The van der Waals surface area contributed by atoms with Crippen LogP contribution in [0.1, 0.15) is 24.7 Å². The molecule has 20 heavy (non-hydrogen) atoms. The minimum Gasteiger partial charge on any atom is -0.481 e. The molecule has 0 aliphatic heterocycles. The van der Waals surface area contributed by atoms with E-state index in [1.807, 2.05) is 14.0 Å². The predicted molar refractivity (Wildman–Crippen MR) is 86.6 cm³/mol. The van der Waals surface area contributed by atoms with Crippen LogP contribution in [0, 0.1) is 10.5 Å². The molecule has 0 bridgehead atoms. The molecule has 0 aliphatic rings. The molecule has 7 heteroatoms. The van der Waals surface area contributed by atoms with Gasteiger partial charge in [0.05, 0.1) is 22.1 Å².